The van der Waals surface area contributed by atoms with Crippen molar-refractivity contribution in [2.45, 2.75) is 6.10 Å². The molecular formula is C15H11BrFNO. The number of benzene rings is 2. The van der Waals surface area contributed by atoms with Crippen LogP contribution in [-0.4, -0.2) is 10.1 Å². The first-order valence-electron chi connectivity index (χ1n) is 5.85. The largest absolute Gasteiger partial charge is 0.384 e. The van der Waals surface area contributed by atoms with Crippen LogP contribution in [0.25, 0.3) is 10.9 Å². The maximum absolute atomic E-state index is 13.8. The van der Waals surface area contributed by atoms with Crippen LogP contribution in [0.1, 0.15) is 17.2 Å². The zero-order valence-corrected chi connectivity index (χ0v) is 11.5. The molecule has 2 nitrogen and oxygen atoms in total. The third kappa shape index (κ3) is 2.29. The summed E-state index contributed by atoms with van der Waals surface area (Å²) in [7, 11) is 0. The molecule has 0 bridgehead atoms. The molecule has 19 heavy (non-hydrogen) atoms. The molecule has 1 heterocycles. The van der Waals surface area contributed by atoms with E-state index in [4.69, 9.17) is 0 Å². The number of H-pyrrole nitrogens is 1. The highest BCUT2D eigenvalue weighted by atomic mass is 79.9. The summed E-state index contributed by atoms with van der Waals surface area (Å²) in [6.45, 7) is 0. The van der Waals surface area contributed by atoms with Gasteiger partial charge in [0.1, 0.15) is 11.9 Å². The van der Waals surface area contributed by atoms with Crippen molar-refractivity contribution in [3.8, 4) is 0 Å². The van der Waals surface area contributed by atoms with Crippen molar-refractivity contribution in [1.29, 1.82) is 0 Å². The molecule has 0 radical (unpaired) electrons. The molecular weight excluding hydrogens is 309 g/mol. The number of nitrogens with one attached hydrogen (secondary N) is 1. The Bertz CT molecular complexity index is 738. The fourth-order valence-corrected chi connectivity index (χ4v) is 2.52. The molecule has 1 unspecified atom stereocenters. The molecule has 4 heteroatoms. The lowest BCUT2D eigenvalue weighted by Gasteiger charge is -2.13. The SMILES string of the molecule is OC(c1ccc2[nH]ccc2c1)c1cc(Br)ccc1F. The minimum absolute atomic E-state index is 0.268. The van der Waals surface area contributed by atoms with Gasteiger partial charge in [0.25, 0.3) is 0 Å². The van der Waals surface area contributed by atoms with Gasteiger partial charge >= 0.3 is 0 Å². The molecule has 0 saturated heterocycles. The van der Waals surface area contributed by atoms with Crippen LogP contribution in [-0.2, 0) is 0 Å². The number of aromatic amines is 1. The van der Waals surface area contributed by atoms with Gasteiger partial charge in [-0.3, -0.25) is 0 Å². The molecule has 0 spiro atoms. The summed E-state index contributed by atoms with van der Waals surface area (Å²) in [5.41, 5.74) is 1.93. The van der Waals surface area contributed by atoms with E-state index < -0.39 is 11.9 Å². The summed E-state index contributed by atoms with van der Waals surface area (Å²) >= 11 is 3.29. The Hall–Kier alpha value is -1.65. The van der Waals surface area contributed by atoms with Crippen molar-refractivity contribution >= 4 is 26.8 Å². The van der Waals surface area contributed by atoms with Crippen LogP contribution in [0.3, 0.4) is 0 Å². The van der Waals surface area contributed by atoms with Crippen molar-refractivity contribution < 1.29 is 9.50 Å². The van der Waals surface area contributed by atoms with E-state index in [1.165, 1.54) is 6.07 Å². The van der Waals surface area contributed by atoms with Crippen molar-refractivity contribution in [3.63, 3.8) is 0 Å². The Labute approximate surface area is 118 Å². The number of hydrogen-bond donors (Lipinski definition) is 2. The molecule has 0 amide bonds. The van der Waals surface area contributed by atoms with Gasteiger partial charge in [-0.2, -0.15) is 0 Å². The Morgan fingerprint density at radius 2 is 1.95 bits per heavy atom. The molecule has 0 saturated carbocycles. The predicted octanol–water partition coefficient (Wildman–Crippen LogP) is 4.15. The Balaban J connectivity index is 2.07. The van der Waals surface area contributed by atoms with Crippen molar-refractivity contribution in [2.24, 2.45) is 0 Å². The maximum atomic E-state index is 13.8. The molecule has 1 atom stereocenters. The molecule has 0 fully saturated rings. The van der Waals surface area contributed by atoms with Gasteiger partial charge in [0.2, 0.25) is 0 Å². The molecule has 2 aromatic carbocycles. The minimum Gasteiger partial charge on any atom is -0.384 e. The number of hydrogen-bond acceptors (Lipinski definition) is 1. The maximum Gasteiger partial charge on any atom is 0.129 e. The quantitative estimate of drug-likeness (QED) is 0.731. The van der Waals surface area contributed by atoms with Gasteiger partial charge in [0, 0.05) is 21.7 Å². The highest BCUT2D eigenvalue weighted by molar-refractivity contribution is 9.10. The monoisotopic (exact) mass is 319 g/mol. The van der Waals surface area contributed by atoms with Gasteiger partial charge in [0.15, 0.2) is 0 Å². The normalized spacial score (nSPS) is 12.8. The summed E-state index contributed by atoms with van der Waals surface area (Å²) < 4.78 is 14.5. The number of aliphatic hydroxyl groups excluding tert-OH is 1. The lowest BCUT2D eigenvalue weighted by Crippen LogP contribution is -2.02. The number of rotatable bonds is 2. The van der Waals surface area contributed by atoms with Crippen LogP contribution in [0.4, 0.5) is 4.39 Å². The van der Waals surface area contributed by atoms with E-state index in [0.717, 1.165) is 15.4 Å². The van der Waals surface area contributed by atoms with E-state index in [1.54, 1.807) is 18.2 Å². The first-order chi connectivity index (χ1) is 9.15. The van der Waals surface area contributed by atoms with Gasteiger partial charge in [-0.1, -0.05) is 22.0 Å². The Kier molecular flexibility index (Phi) is 3.12. The third-order valence-corrected chi connectivity index (χ3v) is 3.64. The van der Waals surface area contributed by atoms with Crippen molar-refractivity contribution in [1.82, 2.24) is 4.98 Å². The second kappa shape index (κ2) is 4.79. The van der Waals surface area contributed by atoms with Gasteiger partial charge < -0.3 is 10.1 Å². The molecule has 0 aliphatic rings. The lowest BCUT2D eigenvalue weighted by atomic mass is 10.00. The summed E-state index contributed by atoms with van der Waals surface area (Å²) in [5, 5.41) is 11.3. The topological polar surface area (TPSA) is 36.0 Å². The van der Waals surface area contributed by atoms with Gasteiger partial charge in [0.05, 0.1) is 0 Å². The highest BCUT2D eigenvalue weighted by Crippen LogP contribution is 2.28. The zero-order chi connectivity index (χ0) is 13.4. The minimum atomic E-state index is -0.975. The van der Waals surface area contributed by atoms with Gasteiger partial charge in [-0.15, -0.1) is 0 Å². The van der Waals surface area contributed by atoms with E-state index in [9.17, 15) is 9.50 Å². The van der Waals surface area contributed by atoms with Crippen molar-refractivity contribution in [3.05, 3.63) is 70.1 Å². The lowest BCUT2D eigenvalue weighted by molar-refractivity contribution is 0.215. The summed E-state index contributed by atoms with van der Waals surface area (Å²) in [5.74, 6) is -0.412. The fourth-order valence-electron chi connectivity index (χ4n) is 2.15. The van der Waals surface area contributed by atoms with Crippen molar-refractivity contribution in [2.75, 3.05) is 0 Å². The second-order valence-electron chi connectivity index (χ2n) is 4.39. The van der Waals surface area contributed by atoms with Crippen LogP contribution in [0.2, 0.25) is 0 Å². The molecule has 96 valence electrons. The molecule has 3 aromatic rings. The molecule has 0 aliphatic carbocycles. The summed E-state index contributed by atoms with van der Waals surface area (Å²) in [6.07, 6.45) is 0.859. The average Bonchev–Trinajstić information content (AvgIpc) is 2.88. The van der Waals surface area contributed by atoms with Crippen LogP contribution in [0.5, 0.6) is 0 Å². The van der Waals surface area contributed by atoms with E-state index in [2.05, 4.69) is 20.9 Å². The average molecular weight is 320 g/mol. The van der Waals surface area contributed by atoms with Gasteiger partial charge in [-0.25, -0.2) is 4.39 Å². The number of aliphatic hydroxyl groups is 1. The predicted molar refractivity (Wildman–Crippen MR) is 76.5 cm³/mol. The smallest absolute Gasteiger partial charge is 0.129 e. The van der Waals surface area contributed by atoms with Crippen LogP contribution in [0.15, 0.2) is 53.1 Å². The van der Waals surface area contributed by atoms with Gasteiger partial charge in [-0.05, 0) is 47.3 Å². The standard InChI is InChI=1S/C15H11BrFNO/c16-11-2-3-13(17)12(8-11)15(19)10-1-4-14-9(7-10)5-6-18-14/h1-8,15,18-19H. The molecule has 1 aromatic heterocycles. The zero-order valence-electron chi connectivity index (χ0n) is 9.90. The van der Waals surface area contributed by atoms with Crippen LogP contribution in [0, 0.1) is 5.82 Å². The Morgan fingerprint density at radius 1 is 1.11 bits per heavy atom. The van der Waals surface area contributed by atoms with Crippen LogP contribution < -0.4 is 0 Å². The first-order valence-corrected chi connectivity index (χ1v) is 6.64. The van der Waals surface area contributed by atoms with E-state index in [1.807, 2.05) is 24.4 Å². The van der Waals surface area contributed by atoms with E-state index in [0.29, 0.717) is 5.56 Å². The number of aromatic nitrogens is 1. The Morgan fingerprint density at radius 3 is 2.79 bits per heavy atom. The van der Waals surface area contributed by atoms with E-state index in [-0.39, 0.29) is 5.56 Å². The molecule has 2 N–H and O–H groups in total. The van der Waals surface area contributed by atoms with E-state index >= 15 is 0 Å². The third-order valence-electron chi connectivity index (χ3n) is 3.15. The summed E-state index contributed by atoms with van der Waals surface area (Å²) in [4.78, 5) is 3.08. The summed E-state index contributed by atoms with van der Waals surface area (Å²) in [6, 6.07) is 12.0. The number of fused-ring (bicyclic) bond motifs is 1. The fraction of sp³-hybridized carbons (Fsp3) is 0.0667. The molecule has 3 rings (SSSR count). The highest BCUT2D eigenvalue weighted by Gasteiger charge is 2.15. The molecule has 0 aliphatic heterocycles. The first kappa shape index (κ1) is 12.4. The van der Waals surface area contributed by atoms with Crippen LogP contribution >= 0.6 is 15.9 Å². The second-order valence-corrected chi connectivity index (χ2v) is 5.31. The number of halogens is 2.